The summed E-state index contributed by atoms with van der Waals surface area (Å²) in [6.45, 7) is 4.42. The van der Waals surface area contributed by atoms with Gasteiger partial charge in [0.25, 0.3) is 0 Å². The molecule has 2 aliphatic rings. The molecule has 0 bridgehead atoms. The fourth-order valence-electron chi connectivity index (χ4n) is 2.64. The second kappa shape index (κ2) is 5.39. The SMILES string of the molecule is NCC1CN(Cc2ccc(C3CC3)cc2)CCO1. The van der Waals surface area contributed by atoms with Crippen molar-refractivity contribution in [2.45, 2.75) is 31.4 Å². The van der Waals surface area contributed by atoms with Gasteiger partial charge < -0.3 is 10.5 Å². The molecule has 0 radical (unpaired) electrons. The van der Waals surface area contributed by atoms with Crippen LogP contribution >= 0.6 is 0 Å². The lowest BCUT2D eigenvalue weighted by atomic mass is 10.1. The van der Waals surface area contributed by atoms with Gasteiger partial charge in [-0.2, -0.15) is 0 Å². The Morgan fingerprint density at radius 2 is 2.00 bits per heavy atom. The van der Waals surface area contributed by atoms with Crippen LogP contribution in [-0.4, -0.2) is 37.2 Å². The average Bonchev–Trinajstić information content (AvgIpc) is 3.24. The first-order valence-corrected chi connectivity index (χ1v) is 6.98. The van der Waals surface area contributed by atoms with Crippen LogP contribution in [0.25, 0.3) is 0 Å². The summed E-state index contributed by atoms with van der Waals surface area (Å²) in [5, 5.41) is 0. The van der Waals surface area contributed by atoms with Gasteiger partial charge in [-0.05, 0) is 29.9 Å². The lowest BCUT2D eigenvalue weighted by Crippen LogP contribution is -2.45. The Balaban J connectivity index is 1.57. The second-order valence-electron chi connectivity index (χ2n) is 5.48. The maximum absolute atomic E-state index is 5.67. The van der Waals surface area contributed by atoms with Crippen molar-refractivity contribution in [3.05, 3.63) is 35.4 Å². The van der Waals surface area contributed by atoms with E-state index in [0.717, 1.165) is 32.2 Å². The highest BCUT2D eigenvalue weighted by atomic mass is 16.5. The van der Waals surface area contributed by atoms with Crippen LogP contribution in [0.15, 0.2) is 24.3 Å². The number of ether oxygens (including phenoxy) is 1. The van der Waals surface area contributed by atoms with Crippen LogP contribution < -0.4 is 5.73 Å². The maximum atomic E-state index is 5.67. The molecule has 1 saturated carbocycles. The molecule has 1 unspecified atom stereocenters. The van der Waals surface area contributed by atoms with E-state index in [1.807, 2.05) is 0 Å². The van der Waals surface area contributed by atoms with Crippen molar-refractivity contribution >= 4 is 0 Å². The third kappa shape index (κ3) is 2.91. The van der Waals surface area contributed by atoms with Crippen LogP contribution in [0, 0.1) is 0 Å². The molecule has 1 aromatic rings. The fraction of sp³-hybridized carbons (Fsp3) is 0.600. The van der Waals surface area contributed by atoms with E-state index in [9.17, 15) is 0 Å². The Bertz CT molecular complexity index is 386. The number of hydrogen-bond acceptors (Lipinski definition) is 3. The zero-order chi connectivity index (χ0) is 12.4. The Hall–Kier alpha value is -0.900. The molecule has 3 nitrogen and oxygen atoms in total. The number of benzene rings is 1. The van der Waals surface area contributed by atoms with E-state index in [2.05, 4.69) is 29.2 Å². The van der Waals surface area contributed by atoms with Gasteiger partial charge in [0.05, 0.1) is 12.7 Å². The first-order chi connectivity index (χ1) is 8.85. The zero-order valence-electron chi connectivity index (χ0n) is 10.8. The van der Waals surface area contributed by atoms with E-state index in [4.69, 9.17) is 10.5 Å². The van der Waals surface area contributed by atoms with Gasteiger partial charge in [-0.25, -0.2) is 0 Å². The molecule has 1 aromatic carbocycles. The minimum absolute atomic E-state index is 0.212. The highest BCUT2D eigenvalue weighted by Crippen LogP contribution is 2.39. The van der Waals surface area contributed by atoms with Gasteiger partial charge in [0.2, 0.25) is 0 Å². The van der Waals surface area contributed by atoms with E-state index in [-0.39, 0.29) is 6.10 Å². The molecule has 1 aliphatic carbocycles. The third-order valence-electron chi connectivity index (χ3n) is 3.92. The molecule has 1 heterocycles. The monoisotopic (exact) mass is 246 g/mol. The molecule has 3 heteroatoms. The summed E-state index contributed by atoms with van der Waals surface area (Å²) in [5.74, 6) is 0.851. The number of rotatable bonds is 4. The molecule has 18 heavy (non-hydrogen) atoms. The van der Waals surface area contributed by atoms with Gasteiger partial charge in [-0.1, -0.05) is 24.3 Å². The molecule has 98 valence electrons. The molecule has 2 fully saturated rings. The average molecular weight is 246 g/mol. The van der Waals surface area contributed by atoms with Gasteiger partial charge in [0.1, 0.15) is 0 Å². The fourth-order valence-corrected chi connectivity index (χ4v) is 2.64. The summed E-state index contributed by atoms with van der Waals surface area (Å²) in [6.07, 6.45) is 2.96. The minimum Gasteiger partial charge on any atom is -0.374 e. The van der Waals surface area contributed by atoms with Crippen LogP contribution in [0.4, 0.5) is 0 Å². The summed E-state index contributed by atoms with van der Waals surface area (Å²) >= 11 is 0. The summed E-state index contributed by atoms with van der Waals surface area (Å²) in [7, 11) is 0. The summed E-state index contributed by atoms with van der Waals surface area (Å²) in [4.78, 5) is 2.44. The van der Waals surface area contributed by atoms with Crippen molar-refractivity contribution in [3.63, 3.8) is 0 Å². The van der Waals surface area contributed by atoms with Crippen molar-refractivity contribution in [2.24, 2.45) is 5.73 Å². The molecule has 2 N–H and O–H groups in total. The molecule has 0 amide bonds. The van der Waals surface area contributed by atoms with E-state index in [0.29, 0.717) is 6.54 Å². The van der Waals surface area contributed by atoms with Gasteiger partial charge in [0, 0.05) is 26.2 Å². The quantitative estimate of drug-likeness (QED) is 0.879. The smallest absolute Gasteiger partial charge is 0.0824 e. The Morgan fingerprint density at radius 1 is 1.22 bits per heavy atom. The van der Waals surface area contributed by atoms with E-state index >= 15 is 0 Å². The summed E-state index contributed by atoms with van der Waals surface area (Å²) in [6, 6.07) is 9.16. The molecule has 0 aromatic heterocycles. The van der Waals surface area contributed by atoms with Crippen molar-refractivity contribution < 1.29 is 4.74 Å². The first kappa shape index (κ1) is 12.2. The van der Waals surface area contributed by atoms with Gasteiger partial charge in [-0.15, -0.1) is 0 Å². The number of nitrogens with two attached hydrogens (primary N) is 1. The topological polar surface area (TPSA) is 38.5 Å². The minimum atomic E-state index is 0.212. The third-order valence-corrected chi connectivity index (χ3v) is 3.92. The van der Waals surface area contributed by atoms with Gasteiger partial charge in [-0.3, -0.25) is 4.90 Å². The van der Waals surface area contributed by atoms with E-state index < -0.39 is 0 Å². The maximum Gasteiger partial charge on any atom is 0.0824 e. The van der Waals surface area contributed by atoms with Crippen LogP contribution in [0.2, 0.25) is 0 Å². The first-order valence-electron chi connectivity index (χ1n) is 6.98. The molecule has 0 spiro atoms. The van der Waals surface area contributed by atoms with Crippen LogP contribution in [0.5, 0.6) is 0 Å². The predicted octanol–water partition coefficient (Wildman–Crippen LogP) is 1.72. The normalized spacial score (nSPS) is 25.3. The number of nitrogens with zero attached hydrogens (tertiary/aromatic N) is 1. The van der Waals surface area contributed by atoms with Crippen LogP contribution in [-0.2, 0) is 11.3 Å². The Kier molecular flexibility index (Phi) is 3.64. The Morgan fingerprint density at radius 3 is 2.67 bits per heavy atom. The molecular formula is C15H22N2O. The summed E-state index contributed by atoms with van der Waals surface area (Å²) in [5.41, 5.74) is 8.58. The van der Waals surface area contributed by atoms with Crippen LogP contribution in [0.1, 0.15) is 29.9 Å². The molecule has 1 atom stereocenters. The molecule has 1 saturated heterocycles. The van der Waals surface area contributed by atoms with Gasteiger partial charge in [0.15, 0.2) is 0 Å². The lowest BCUT2D eigenvalue weighted by molar-refractivity contribution is -0.0260. The van der Waals surface area contributed by atoms with Crippen molar-refractivity contribution in [3.8, 4) is 0 Å². The highest BCUT2D eigenvalue weighted by Gasteiger charge is 2.23. The van der Waals surface area contributed by atoms with E-state index in [1.54, 1.807) is 0 Å². The molecule has 1 aliphatic heterocycles. The Labute approximate surface area is 109 Å². The second-order valence-corrected chi connectivity index (χ2v) is 5.48. The highest BCUT2D eigenvalue weighted by molar-refractivity contribution is 5.28. The molecule has 3 rings (SSSR count). The zero-order valence-corrected chi connectivity index (χ0v) is 10.8. The van der Waals surface area contributed by atoms with Crippen LogP contribution in [0.3, 0.4) is 0 Å². The number of hydrogen-bond donors (Lipinski definition) is 1. The molecular weight excluding hydrogens is 224 g/mol. The predicted molar refractivity (Wildman–Crippen MR) is 72.5 cm³/mol. The van der Waals surface area contributed by atoms with E-state index in [1.165, 1.54) is 24.0 Å². The number of morpholine rings is 1. The van der Waals surface area contributed by atoms with Gasteiger partial charge >= 0.3 is 0 Å². The van der Waals surface area contributed by atoms with Crippen molar-refractivity contribution in [1.82, 2.24) is 4.90 Å². The largest absolute Gasteiger partial charge is 0.374 e. The summed E-state index contributed by atoms with van der Waals surface area (Å²) < 4.78 is 5.59. The van der Waals surface area contributed by atoms with Crippen molar-refractivity contribution in [1.29, 1.82) is 0 Å². The van der Waals surface area contributed by atoms with Crippen molar-refractivity contribution in [2.75, 3.05) is 26.2 Å². The lowest BCUT2D eigenvalue weighted by Gasteiger charge is -2.32. The standard InChI is InChI=1S/C15H22N2O/c16-9-15-11-17(7-8-18-15)10-12-1-3-13(4-2-12)14-5-6-14/h1-4,14-15H,5-11,16H2.